The maximum absolute atomic E-state index is 3.55. The lowest BCUT2D eigenvalue weighted by molar-refractivity contribution is 0.170. The lowest BCUT2D eigenvalue weighted by Crippen LogP contribution is -2.44. The minimum Gasteiger partial charge on any atom is -0.315 e. The maximum atomic E-state index is 3.55. The average Bonchev–Trinajstić information content (AvgIpc) is 2.18. The average molecular weight is 214 g/mol. The Balaban J connectivity index is 3.57. The highest BCUT2D eigenvalue weighted by atomic mass is 15.2. The molecule has 0 aliphatic carbocycles. The van der Waals surface area contributed by atoms with Gasteiger partial charge in [0.05, 0.1) is 0 Å². The van der Waals surface area contributed by atoms with Crippen molar-refractivity contribution in [2.45, 2.75) is 66.0 Å². The van der Waals surface area contributed by atoms with E-state index in [9.17, 15) is 0 Å². The molecule has 0 heterocycles. The number of nitrogens with one attached hydrogen (secondary N) is 1. The lowest BCUT2D eigenvalue weighted by atomic mass is 10.2. The Kier molecular flexibility index (Phi) is 9.12. The summed E-state index contributed by atoms with van der Waals surface area (Å²) in [6, 6.07) is 1.30. The zero-order valence-corrected chi connectivity index (χ0v) is 11.3. The van der Waals surface area contributed by atoms with E-state index in [1.165, 1.54) is 25.8 Å². The van der Waals surface area contributed by atoms with Gasteiger partial charge in [0.15, 0.2) is 0 Å². The highest BCUT2D eigenvalue weighted by Crippen LogP contribution is 2.03. The first-order chi connectivity index (χ1) is 7.13. The first-order valence-electron chi connectivity index (χ1n) is 6.59. The summed E-state index contributed by atoms with van der Waals surface area (Å²) in [5, 5.41) is 3.55. The van der Waals surface area contributed by atoms with Gasteiger partial charge >= 0.3 is 0 Å². The van der Waals surface area contributed by atoms with Crippen molar-refractivity contribution in [3.05, 3.63) is 0 Å². The molecule has 0 fully saturated rings. The van der Waals surface area contributed by atoms with Crippen molar-refractivity contribution in [3.8, 4) is 0 Å². The van der Waals surface area contributed by atoms with Gasteiger partial charge < -0.3 is 5.32 Å². The van der Waals surface area contributed by atoms with Crippen LogP contribution in [0.15, 0.2) is 0 Å². The molecular weight excluding hydrogens is 184 g/mol. The van der Waals surface area contributed by atoms with Gasteiger partial charge in [-0.2, -0.15) is 0 Å². The second kappa shape index (κ2) is 9.17. The van der Waals surface area contributed by atoms with Gasteiger partial charge in [-0.1, -0.05) is 26.7 Å². The summed E-state index contributed by atoms with van der Waals surface area (Å²) in [5.74, 6) is 0. The second-order valence-corrected chi connectivity index (χ2v) is 4.68. The van der Waals surface area contributed by atoms with Crippen LogP contribution in [0.2, 0.25) is 0 Å². The summed E-state index contributed by atoms with van der Waals surface area (Å²) in [5.41, 5.74) is 0. The molecule has 0 bridgehead atoms. The molecule has 2 heteroatoms. The second-order valence-electron chi connectivity index (χ2n) is 4.68. The van der Waals surface area contributed by atoms with Crippen molar-refractivity contribution in [3.63, 3.8) is 0 Å². The number of nitrogens with zero attached hydrogens (tertiary/aromatic N) is 1. The highest BCUT2D eigenvalue weighted by molar-refractivity contribution is 4.71. The topological polar surface area (TPSA) is 15.3 Å². The van der Waals surface area contributed by atoms with E-state index in [0.717, 1.165) is 13.1 Å². The van der Waals surface area contributed by atoms with Crippen molar-refractivity contribution in [2.75, 3.05) is 19.6 Å². The Morgan fingerprint density at radius 2 is 1.73 bits per heavy atom. The van der Waals surface area contributed by atoms with E-state index < -0.39 is 0 Å². The molecule has 0 rings (SSSR count). The van der Waals surface area contributed by atoms with Crippen molar-refractivity contribution in [1.82, 2.24) is 10.2 Å². The first-order valence-corrected chi connectivity index (χ1v) is 6.59. The van der Waals surface area contributed by atoms with E-state index in [-0.39, 0.29) is 0 Å². The van der Waals surface area contributed by atoms with Gasteiger partial charge in [-0.3, -0.25) is 4.90 Å². The maximum Gasteiger partial charge on any atom is 0.0194 e. The van der Waals surface area contributed by atoms with Gasteiger partial charge in [-0.05, 0) is 40.3 Å². The largest absolute Gasteiger partial charge is 0.315 e. The normalized spacial score (nSPS) is 13.8. The van der Waals surface area contributed by atoms with E-state index in [0.29, 0.717) is 12.1 Å². The first kappa shape index (κ1) is 14.9. The predicted molar refractivity (Wildman–Crippen MR) is 69.4 cm³/mol. The van der Waals surface area contributed by atoms with Crippen molar-refractivity contribution in [1.29, 1.82) is 0 Å². The Morgan fingerprint density at radius 1 is 1.07 bits per heavy atom. The molecule has 0 saturated heterocycles. The van der Waals surface area contributed by atoms with Crippen LogP contribution < -0.4 is 5.32 Å². The molecule has 1 atom stereocenters. The van der Waals surface area contributed by atoms with Crippen molar-refractivity contribution in [2.24, 2.45) is 0 Å². The smallest absolute Gasteiger partial charge is 0.0194 e. The van der Waals surface area contributed by atoms with E-state index >= 15 is 0 Å². The highest BCUT2D eigenvalue weighted by Gasteiger charge is 2.13. The minimum atomic E-state index is 0.650. The quantitative estimate of drug-likeness (QED) is 0.594. The monoisotopic (exact) mass is 214 g/mol. The van der Waals surface area contributed by atoms with Crippen molar-refractivity contribution < 1.29 is 0 Å². The molecular formula is C13H30N2. The Morgan fingerprint density at radius 3 is 2.20 bits per heavy atom. The standard InChI is InChI=1S/C13H30N2/c1-6-8-9-10-14-11-13(5)15(7-2)12(3)4/h12-14H,6-11H2,1-5H3. The SMILES string of the molecule is CCCCCNCC(C)N(CC)C(C)C. The summed E-state index contributed by atoms with van der Waals surface area (Å²) < 4.78 is 0. The molecule has 1 unspecified atom stereocenters. The minimum absolute atomic E-state index is 0.650. The van der Waals surface area contributed by atoms with Crippen LogP contribution in [0.25, 0.3) is 0 Å². The van der Waals surface area contributed by atoms with Crippen LogP contribution in [0.5, 0.6) is 0 Å². The molecule has 0 aliphatic rings. The summed E-state index contributed by atoms with van der Waals surface area (Å²) in [7, 11) is 0. The van der Waals surface area contributed by atoms with Gasteiger partial charge in [0.1, 0.15) is 0 Å². The molecule has 1 N–H and O–H groups in total. The molecule has 0 aromatic rings. The van der Waals surface area contributed by atoms with Crippen LogP contribution in [0.3, 0.4) is 0 Å². The molecule has 0 saturated carbocycles. The molecule has 0 aromatic heterocycles. The third-order valence-electron chi connectivity index (χ3n) is 2.99. The number of unbranched alkanes of at least 4 members (excludes halogenated alkanes) is 2. The van der Waals surface area contributed by atoms with E-state index in [4.69, 9.17) is 0 Å². The summed E-state index contributed by atoms with van der Waals surface area (Å²) in [6.07, 6.45) is 3.98. The Labute approximate surface area is 96.4 Å². The van der Waals surface area contributed by atoms with Gasteiger partial charge in [0, 0.05) is 18.6 Å². The molecule has 0 amide bonds. The Hall–Kier alpha value is -0.0800. The molecule has 0 aromatic carbocycles. The number of rotatable bonds is 9. The predicted octanol–water partition coefficient (Wildman–Crippen LogP) is 2.89. The molecule has 0 radical (unpaired) electrons. The van der Waals surface area contributed by atoms with Crippen LogP contribution in [-0.4, -0.2) is 36.6 Å². The van der Waals surface area contributed by atoms with E-state index in [1.807, 2.05) is 0 Å². The van der Waals surface area contributed by atoms with Gasteiger partial charge in [0.25, 0.3) is 0 Å². The number of hydrogen-bond donors (Lipinski definition) is 1. The number of hydrogen-bond acceptors (Lipinski definition) is 2. The summed E-state index contributed by atoms with van der Waals surface area (Å²) in [4.78, 5) is 2.53. The zero-order valence-electron chi connectivity index (χ0n) is 11.3. The van der Waals surface area contributed by atoms with Crippen LogP contribution in [0.4, 0.5) is 0 Å². The Bertz CT molecular complexity index is 134. The van der Waals surface area contributed by atoms with Crippen molar-refractivity contribution >= 4 is 0 Å². The third kappa shape index (κ3) is 6.91. The van der Waals surface area contributed by atoms with E-state index in [2.05, 4.69) is 44.8 Å². The fourth-order valence-electron chi connectivity index (χ4n) is 2.11. The molecule has 0 aliphatic heterocycles. The lowest BCUT2D eigenvalue weighted by Gasteiger charge is -2.31. The molecule has 92 valence electrons. The van der Waals surface area contributed by atoms with Crippen LogP contribution >= 0.6 is 0 Å². The van der Waals surface area contributed by atoms with E-state index in [1.54, 1.807) is 0 Å². The third-order valence-corrected chi connectivity index (χ3v) is 2.99. The fraction of sp³-hybridized carbons (Fsp3) is 1.00. The molecule has 15 heavy (non-hydrogen) atoms. The fourth-order valence-corrected chi connectivity index (χ4v) is 2.11. The van der Waals surface area contributed by atoms with Crippen LogP contribution in [0.1, 0.15) is 53.9 Å². The zero-order chi connectivity index (χ0) is 11.7. The van der Waals surface area contributed by atoms with Crippen LogP contribution in [0, 0.1) is 0 Å². The van der Waals surface area contributed by atoms with Crippen LogP contribution in [-0.2, 0) is 0 Å². The number of likely N-dealkylation sites (N-methyl/N-ethyl adjacent to an activating group) is 1. The summed E-state index contributed by atoms with van der Waals surface area (Å²) >= 11 is 0. The molecule has 2 nitrogen and oxygen atoms in total. The molecule has 0 spiro atoms. The summed E-state index contributed by atoms with van der Waals surface area (Å²) in [6.45, 7) is 14.8. The van der Waals surface area contributed by atoms with Gasteiger partial charge in [-0.25, -0.2) is 0 Å². The van der Waals surface area contributed by atoms with Gasteiger partial charge in [-0.15, -0.1) is 0 Å². The van der Waals surface area contributed by atoms with Gasteiger partial charge in [0.2, 0.25) is 0 Å².